The van der Waals surface area contributed by atoms with E-state index in [0.717, 1.165) is 47.4 Å². The minimum absolute atomic E-state index is 0.0583. The smallest absolute Gasteiger partial charge is 0.275 e. The van der Waals surface area contributed by atoms with Crippen molar-refractivity contribution in [3.05, 3.63) is 51.9 Å². The Hall–Kier alpha value is -2.34. The maximum absolute atomic E-state index is 12.9. The van der Waals surface area contributed by atoms with Crippen molar-refractivity contribution in [1.82, 2.24) is 19.2 Å². The predicted octanol–water partition coefficient (Wildman–Crippen LogP) is 2.21. The molecule has 6 heteroatoms. The zero-order chi connectivity index (χ0) is 17.3. The van der Waals surface area contributed by atoms with Gasteiger partial charge in [0.15, 0.2) is 0 Å². The number of aromatic nitrogens is 3. The quantitative estimate of drug-likeness (QED) is 0.696. The number of fused-ring (bicyclic) bond motifs is 1. The van der Waals surface area contributed by atoms with Gasteiger partial charge in [0.1, 0.15) is 11.3 Å². The predicted molar refractivity (Wildman–Crippen MR) is 94.4 cm³/mol. The van der Waals surface area contributed by atoms with Gasteiger partial charge in [0.05, 0.1) is 5.69 Å². The normalized spacial score (nSPS) is 11.7. The van der Waals surface area contributed by atoms with Crippen LogP contribution in [0.1, 0.15) is 17.0 Å². The summed E-state index contributed by atoms with van der Waals surface area (Å²) in [5.41, 5.74) is 2.82. The van der Waals surface area contributed by atoms with Crippen molar-refractivity contribution in [1.29, 1.82) is 0 Å². The van der Waals surface area contributed by atoms with E-state index < -0.39 is 0 Å². The largest absolute Gasteiger partial charge is 0.361 e. The molecule has 0 saturated heterocycles. The van der Waals surface area contributed by atoms with E-state index in [1.165, 1.54) is 0 Å². The second-order valence-corrected chi connectivity index (χ2v) is 6.48. The molecule has 3 heterocycles. The fraction of sp³-hybridized carbons (Fsp3) is 0.444. The lowest BCUT2D eigenvalue weighted by Crippen LogP contribution is -2.24. The van der Waals surface area contributed by atoms with Crippen molar-refractivity contribution in [2.75, 3.05) is 20.6 Å². The summed E-state index contributed by atoms with van der Waals surface area (Å²) in [6.07, 6.45) is 4.61. The number of rotatable bonds is 6. The number of nitrogens with zero attached hydrogens (tertiary/aromatic N) is 4. The first kappa shape index (κ1) is 16.5. The van der Waals surface area contributed by atoms with Crippen molar-refractivity contribution in [3.8, 4) is 0 Å². The Balaban J connectivity index is 1.88. The Morgan fingerprint density at radius 3 is 2.46 bits per heavy atom. The Kier molecular flexibility index (Phi) is 4.57. The first-order chi connectivity index (χ1) is 11.5. The van der Waals surface area contributed by atoms with Crippen LogP contribution >= 0.6 is 0 Å². The van der Waals surface area contributed by atoms with E-state index in [0.29, 0.717) is 6.54 Å². The molecule has 0 atom stereocenters. The van der Waals surface area contributed by atoms with Crippen LogP contribution in [0.3, 0.4) is 0 Å². The zero-order valence-corrected chi connectivity index (χ0v) is 14.7. The molecular weight excluding hydrogens is 304 g/mol. The molecule has 3 rings (SSSR count). The van der Waals surface area contributed by atoms with Crippen LogP contribution in [-0.4, -0.2) is 39.8 Å². The highest BCUT2D eigenvalue weighted by Crippen LogP contribution is 2.15. The lowest BCUT2D eigenvalue weighted by atomic mass is 10.1. The van der Waals surface area contributed by atoms with E-state index in [-0.39, 0.29) is 5.56 Å². The number of hydrogen-bond acceptors (Lipinski definition) is 4. The third-order valence-electron chi connectivity index (χ3n) is 4.46. The first-order valence-corrected chi connectivity index (χ1v) is 8.22. The standard InChI is InChI=1S/C18H24N4O2/c1-13-16(14(2)24-19-13)7-10-22-9-6-15-5-8-21(12-11-20(3)4)17(15)18(22)23/h5-6,8-9H,7,10-12H2,1-4H3. The van der Waals surface area contributed by atoms with Gasteiger partial charge in [-0.15, -0.1) is 0 Å². The van der Waals surface area contributed by atoms with Crippen LogP contribution in [0.5, 0.6) is 0 Å². The molecule has 0 unspecified atom stereocenters. The molecule has 24 heavy (non-hydrogen) atoms. The maximum Gasteiger partial charge on any atom is 0.275 e. The molecule has 0 aliphatic rings. The van der Waals surface area contributed by atoms with Gasteiger partial charge >= 0.3 is 0 Å². The fourth-order valence-corrected chi connectivity index (χ4v) is 3.01. The minimum Gasteiger partial charge on any atom is -0.361 e. The SMILES string of the molecule is Cc1noc(C)c1CCn1ccc2ccn(CCN(C)C)c2c1=O. The van der Waals surface area contributed by atoms with E-state index in [2.05, 4.69) is 10.1 Å². The molecule has 0 N–H and O–H groups in total. The summed E-state index contributed by atoms with van der Waals surface area (Å²) in [4.78, 5) is 15.0. The monoisotopic (exact) mass is 328 g/mol. The molecule has 6 nitrogen and oxygen atoms in total. The molecule has 128 valence electrons. The number of hydrogen-bond donors (Lipinski definition) is 0. The van der Waals surface area contributed by atoms with E-state index in [1.54, 1.807) is 4.57 Å². The van der Waals surface area contributed by atoms with Gasteiger partial charge < -0.3 is 18.6 Å². The Morgan fingerprint density at radius 2 is 1.83 bits per heavy atom. The lowest BCUT2D eigenvalue weighted by Gasteiger charge is -2.12. The lowest BCUT2D eigenvalue weighted by molar-refractivity contribution is 0.386. The molecule has 3 aromatic rings. The first-order valence-electron chi connectivity index (χ1n) is 8.22. The molecule has 3 aromatic heterocycles. The highest BCUT2D eigenvalue weighted by molar-refractivity contribution is 5.78. The van der Waals surface area contributed by atoms with E-state index >= 15 is 0 Å². The molecule has 0 fully saturated rings. The summed E-state index contributed by atoms with van der Waals surface area (Å²) >= 11 is 0. The summed E-state index contributed by atoms with van der Waals surface area (Å²) < 4.78 is 9.02. The third-order valence-corrected chi connectivity index (χ3v) is 4.46. The molecule has 0 radical (unpaired) electrons. The third kappa shape index (κ3) is 3.14. The molecular formula is C18H24N4O2. The van der Waals surface area contributed by atoms with Crippen LogP contribution in [-0.2, 0) is 19.5 Å². The highest BCUT2D eigenvalue weighted by Gasteiger charge is 2.12. The molecule has 0 aromatic carbocycles. The van der Waals surface area contributed by atoms with Gasteiger partial charge in [-0.3, -0.25) is 4.79 Å². The van der Waals surface area contributed by atoms with E-state index in [1.807, 2.05) is 57.0 Å². The number of likely N-dealkylation sites (N-methyl/N-ethyl adjacent to an activating group) is 1. The minimum atomic E-state index is 0.0583. The van der Waals surface area contributed by atoms with Gasteiger partial charge in [0.2, 0.25) is 0 Å². The van der Waals surface area contributed by atoms with Crippen LogP contribution in [0.4, 0.5) is 0 Å². The summed E-state index contributed by atoms with van der Waals surface area (Å²) in [5, 5.41) is 4.97. The van der Waals surface area contributed by atoms with Crippen molar-refractivity contribution in [3.63, 3.8) is 0 Å². The second kappa shape index (κ2) is 6.65. The van der Waals surface area contributed by atoms with Crippen LogP contribution in [0.15, 0.2) is 33.8 Å². The van der Waals surface area contributed by atoms with E-state index in [9.17, 15) is 4.79 Å². The van der Waals surface area contributed by atoms with Crippen LogP contribution in [0.25, 0.3) is 10.9 Å². The van der Waals surface area contributed by atoms with E-state index in [4.69, 9.17) is 4.52 Å². The van der Waals surface area contributed by atoms with Gasteiger partial charge in [-0.1, -0.05) is 5.16 Å². The zero-order valence-electron chi connectivity index (χ0n) is 14.7. The molecule has 0 aliphatic heterocycles. The Bertz CT molecular complexity index is 882. The Morgan fingerprint density at radius 1 is 1.12 bits per heavy atom. The average molecular weight is 328 g/mol. The summed E-state index contributed by atoms with van der Waals surface area (Å²) in [5.74, 6) is 0.830. The van der Waals surface area contributed by atoms with Gasteiger partial charge in [-0.2, -0.15) is 0 Å². The molecule has 0 bridgehead atoms. The van der Waals surface area contributed by atoms with Gasteiger partial charge in [-0.25, -0.2) is 0 Å². The average Bonchev–Trinajstić information content (AvgIpc) is 3.09. The molecule has 0 saturated carbocycles. The number of aryl methyl sites for hydroxylation is 3. The van der Waals surface area contributed by atoms with Crippen molar-refractivity contribution < 1.29 is 4.52 Å². The molecule has 0 spiro atoms. The summed E-state index contributed by atoms with van der Waals surface area (Å²) in [7, 11) is 4.07. The van der Waals surface area contributed by atoms with Crippen molar-refractivity contribution in [2.24, 2.45) is 0 Å². The highest BCUT2D eigenvalue weighted by atomic mass is 16.5. The van der Waals surface area contributed by atoms with Gasteiger partial charge in [0, 0.05) is 43.0 Å². The molecule has 0 aliphatic carbocycles. The fourth-order valence-electron chi connectivity index (χ4n) is 3.01. The maximum atomic E-state index is 12.9. The van der Waals surface area contributed by atoms with Gasteiger partial charge in [-0.05, 0) is 46.5 Å². The van der Waals surface area contributed by atoms with Gasteiger partial charge in [0.25, 0.3) is 5.56 Å². The number of pyridine rings is 1. The summed E-state index contributed by atoms with van der Waals surface area (Å²) in [6, 6.07) is 4.02. The molecule has 0 amide bonds. The van der Waals surface area contributed by atoms with Crippen molar-refractivity contribution in [2.45, 2.75) is 33.4 Å². The Labute approximate surface area is 141 Å². The van der Waals surface area contributed by atoms with Crippen LogP contribution in [0.2, 0.25) is 0 Å². The second-order valence-electron chi connectivity index (χ2n) is 6.48. The van der Waals surface area contributed by atoms with Crippen molar-refractivity contribution >= 4 is 10.9 Å². The van der Waals surface area contributed by atoms with Crippen LogP contribution in [0, 0.1) is 13.8 Å². The summed E-state index contributed by atoms with van der Waals surface area (Å²) in [6.45, 7) is 6.17. The van der Waals surface area contributed by atoms with Crippen LogP contribution < -0.4 is 5.56 Å². The topological polar surface area (TPSA) is 56.2 Å².